The van der Waals surface area contributed by atoms with Crippen molar-refractivity contribution in [1.82, 2.24) is 14.0 Å². The highest BCUT2D eigenvalue weighted by Gasteiger charge is 2.34. The molecule has 0 unspecified atom stereocenters. The molecule has 152 valence electrons. The SMILES string of the molecule is Cn1c(CC(=O)N2CC[C@@H](C#N)C2)c2n(c1=S)C[C@@H](c1c(F)ccc(F)c1F)C2. The minimum atomic E-state index is -1.17. The lowest BCUT2D eigenvalue weighted by atomic mass is 9.95. The van der Waals surface area contributed by atoms with E-state index in [0.29, 0.717) is 30.0 Å². The van der Waals surface area contributed by atoms with Crippen LogP contribution in [0.4, 0.5) is 13.2 Å². The molecule has 4 rings (SSSR count). The lowest BCUT2D eigenvalue weighted by molar-refractivity contribution is -0.129. The van der Waals surface area contributed by atoms with Gasteiger partial charge in [0.15, 0.2) is 16.4 Å². The Hall–Kier alpha value is -2.60. The van der Waals surface area contributed by atoms with Gasteiger partial charge in [-0.3, -0.25) is 4.79 Å². The average Bonchev–Trinajstić information content (AvgIpc) is 3.39. The summed E-state index contributed by atoms with van der Waals surface area (Å²) in [5.74, 6) is -3.88. The largest absolute Gasteiger partial charge is 0.341 e. The van der Waals surface area contributed by atoms with Gasteiger partial charge in [0.1, 0.15) is 5.82 Å². The number of imidazole rings is 1. The molecule has 2 aromatic rings. The molecule has 1 aromatic heterocycles. The van der Waals surface area contributed by atoms with E-state index in [4.69, 9.17) is 17.5 Å². The van der Waals surface area contributed by atoms with Crippen LogP contribution in [0.25, 0.3) is 0 Å². The van der Waals surface area contributed by atoms with Crippen molar-refractivity contribution in [1.29, 1.82) is 5.26 Å². The highest BCUT2D eigenvalue weighted by molar-refractivity contribution is 7.71. The predicted molar refractivity (Wildman–Crippen MR) is 101 cm³/mol. The third-order valence-corrected chi connectivity index (χ3v) is 6.45. The second kappa shape index (κ2) is 7.34. The molecule has 0 aliphatic carbocycles. The van der Waals surface area contributed by atoms with Crippen LogP contribution in [0.3, 0.4) is 0 Å². The maximum atomic E-state index is 14.3. The van der Waals surface area contributed by atoms with E-state index in [1.165, 1.54) is 0 Å². The van der Waals surface area contributed by atoms with Gasteiger partial charge in [-0.25, -0.2) is 13.2 Å². The zero-order chi connectivity index (χ0) is 20.9. The fraction of sp³-hybridized carbons (Fsp3) is 0.450. The number of benzene rings is 1. The summed E-state index contributed by atoms with van der Waals surface area (Å²) >= 11 is 5.46. The third kappa shape index (κ3) is 3.25. The fourth-order valence-corrected chi connectivity index (χ4v) is 4.67. The molecule has 3 heterocycles. The second-order valence-corrected chi connectivity index (χ2v) is 8.00. The molecule has 1 fully saturated rings. The van der Waals surface area contributed by atoms with E-state index in [1.807, 2.05) is 0 Å². The van der Waals surface area contributed by atoms with E-state index in [-0.39, 0.29) is 36.8 Å². The van der Waals surface area contributed by atoms with Crippen LogP contribution in [0.5, 0.6) is 0 Å². The summed E-state index contributed by atoms with van der Waals surface area (Å²) in [7, 11) is 1.76. The molecule has 0 spiro atoms. The summed E-state index contributed by atoms with van der Waals surface area (Å²) < 4.78 is 46.1. The van der Waals surface area contributed by atoms with E-state index >= 15 is 0 Å². The van der Waals surface area contributed by atoms with E-state index in [9.17, 15) is 18.0 Å². The van der Waals surface area contributed by atoms with Gasteiger partial charge < -0.3 is 14.0 Å². The van der Waals surface area contributed by atoms with Crippen molar-refractivity contribution in [3.63, 3.8) is 0 Å². The maximum absolute atomic E-state index is 14.3. The molecule has 2 atom stereocenters. The monoisotopic (exact) mass is 420 g/mol. The molecule has 0 bridgehead atoms. The van der Waals surface area contributed by atoms with Crippen LogP contribution in [-0.2, 0) is 31.2 Å². The number of rotatable bonds is 3. The fourth-order valence-electron chi connectivity index (χ4n) is 4.37. The minimum Gasteiger partial charge on any atom is -0.341 e. The van der Waals surface area contributed by atoms with Gasteiger partial charge in [0.2, 0.25) is 5.91 Å². The van der Waals surface area contributed by atoms with Gasteiger partial charge in [0.05, 0.1) is 18.4 Å². The number of carbonyl (C=O) groups excluding carboxylic acids is 1. The van der Waals surface area contributed by atoms with Gasteiger partial charge in [0, 0.05) is 49.6 Å². The number of nitriles is 1. The number of carbonyl (C=O) groups is 1. The Morgan fingerprint density at radius 1 is 1.28 bits per heavy atom. The number of amides is 1. The first-order valence-electron chi connectivity index (χ1n) is 9.39. The Morgan fingerprint density at radius 2 is 2.00 bits per heavy atom. The number of nitrogens with zero attached hydrogens (tertiary/aromatic N) is 4. The Balaban J connectivity index is 1.62. The topological polar surface area (TPSA) is 54.0 Å². The molecule has 2 aliphatic rings. The van der Waals surface area contributed by atoms with Gasteiger partial charge >= 0.3 is 0 Å². The van der Waals surface area contributed by atoms with Crippen LogP contribution in [0.2, 0.25) is 0 Å². The highest BCUT2D eigenvalue weighted by atomic mass is 32.1. The van der Waals surface area contributed by atoms with Gasteiger partial charge in [-0.15, -0.1) is 0 Å². The number of aromatic nitrogens is 2. The average molecular weight is 420 g/mol. The molecule has 2 aliphatic heterocycles. The number of halogens is 3. The van der Waals surface area contributed by atoms with E-state index in [2.05, 4.69) is 6.07 Å². The normalized spacial score (nSPS) is 20.7. The first-order chi connectivity index (χ1) is 13.8. The van der Waals surface area contributed by atoms with Crippen LogP contribution in [0.1, 0.15) is 29.3 Å². The molecular weight excluding hydrogens is 401 g/mol. The van der Waals surface area contributed by atoms with Crippen LogP contribution < -0.4 is 0 Å². The molecule has 9 heteroatoms. The molecule has 29 heavy (non-hydrogen) atoms. The lowest BCUT2D eigenvalue weighted by Crippen LogP contribution is -2.30. The minimum absolute atomic E-state index is 0.0987. The zero-order valence-electron chi connectivity index (χ0n) is 15.8. The van der Waals surface area contributed by atoms with Crippen molar-refractivity contribution in [3.05, 3.63) is 51.3 Å². The standard InChI is InChI=1S/C20H19F3N4OS/c1-25-15(7-17(28)26-5-4-11(8-24)9-26)16-6-12(10-27(16)20(25)29)18-13(21)2-3-14(22)19(18)23/h2-3,11-12H,4-7,9-10H2,1H3/t11-,12-/m0/s1. The second-order valence-electron chi connectivity index (χ2n) is 7.63. The Kier molecular flexibility index (Phi) is 4.99. The highest BCUT2D eigenvalue weighted by Crippen LogP contribution is 2.36. The van der Waals surface area contributed by atoms with E-state index in [1.54, 1.807) is 21.1 Å². The quantitative estimate of drug-likeness (QED) is 0.566. The first-order valence-corrected chi connectivity index (χ1v) is 9.80. The Morgan fingerprint density at radius 3 is 2.69 bits per heavy atom. The lowest BCUT2D eigenvalue weighted by Gasteiger charge is -2.16. The summed E-state index contributed by atoms with van der Waals surface area (Å²) in [5.41, 5.74) is 1.16. The molecule has 0 N–H and O–H groups in total. The summed E-state index contributed by atoms with van der Waals surface area (Å²) in [6, 6.07) is 3.89. The zero-order valence-corrected chi connectivity index (χ0v) is 16.6. The van der Waals surface area contributed by atoms with Crippen LogP contribution in [0, 0.1) is 39.5 Å². The molecule has 5 nitrogen and oxygen atoms in total. The third-order valence-electron chi connectivity index (χ3n) is 5.95. The number of hydrogen-bond acceptors (Lipinski definition) is 3. The van der Waals surface area contributed by atoms with Gasteiger partial charge in [-0.2, -0.15) is 5.26 Å². The Bertz CT molecular complexity index is 1100. The van der Waals surface area contributed by atoms with Crippen molar-refractivity contribution < 1.29 is 18.0 Å². The maximum Gasteiger partial charge on any atom is 0.228 e. The van der Waals surface area contributed by atoms with Crippen molar-refractivity contribution in [2.45, 2.75) is 31.7 Å². The van der Waals surface area contributed by atoms with Gasteiger partial charge in [-0.1, -0.05) is 0 Å². The van der Waals surface area contributed by atoms with Crippen LogP contribution in [0.15, 0.2) is 12.1 Å². The summed E-state index contributed by atoms with van der Waals surface area (Å²) in [6.45, 7) is 1.19. The molecule has 0 saturated carbocycles. The van der Waals surface area contributed by atoms with Gasteiger partial charge in [0.25, 0.3) is 0 Å². The molecule has 0 radical (unpaired) electrons. The molecule has 1 saturated heterocycles. The van der Waals surface area contributed by atoms with Crippen molar-refractivity contribution in [3.8, 4) is 6.07 Å². The van der Waals surface area contributed by atoms with E-state index in [0.717, 1.165) is 17.8 Å². The summed E-state index contributed by atoms with van der Waals surface area (Å²) in [4.78, 5) is 14.4. The van der Waals surface area contributed by atoms with Crippen LogP contribution in [-0.4, -0.2) is 33.0 Å². The van der Waals surface area contributed by atoms with Crippen molar-refractivity contribution in [2.75, 3.05) is 13.1 Å². The molecule has 1 amide bonds. The summed E-state index contributed by atoms with van der Waals surface area (Å²) in [5, 5.41) is 9.03. The first kappa shape index (κ1) is 19.7. The molecular formula is C20H19F3N4OS. The van der Waals surface area contributed by atoms with Gasteiger partial charge in [-0.05, 0) is 37.2 Å². The number of hydrogen-bond donors (Lipinski definition) is 0. The summed E-state index contributed by atoms with van der Waals surface area (Å²) in [6.07, 6.45) is 1.03. The van der Waals surface area contributed by atoms with Crippen molar-refractivity contribution >= 4 is 18.1 Å². The number of likely N-dealkylation sites (tertiary alicyclic amines) is 1. The van der Waals surface area contributed by atoms with Crippen LogP contribution >= 0.6 is 12.2 Å². The number of fused-ring (bicyclic) bond motifs is 1. The predicted octanol–water partition coefficient (Wildman–Crippen LogP) is 3.23. The Labute approximate surface area is 171 Å². The van der Waals surface area contributed by atoms with E-state index < -0.39 is 23.4 Å². The smallest absolute Gasteiger partial charge is 0.228 e. The van der Waals surface area contributed by atoms with Crippen molar-refractivity contribution in [2.24, 2.45) is 13.0 Å². The molecule has 1 aromatic carbocycles.